The minimum Gasteiger partial charge on any atom is -0.455 e. The van der Waals surface area contributed by atoms with Crippen LogP contribution in [0, 0.1) is 0 Å². The minimum atomic E-state index is -0.366. The molecule has 3 aromatic heterocycles. The molecule has 4 heterocycles. The summed E-state index contributed by atoms with van der Waals surface area (Å²) in [5, 5.41) is 10.2. The molecule has 0 amide bonds. The van der Waals surface area contributed by atoms with Gasteiger partial charge in [-0.3, -0.25) is 4.98 Å². The summed E-state index contributed by atoms with van der Waals surface area (Å²) in [6.07, 6.45) is 3.20. The van der Waals surface area contributed by atoms with Crippen LogP contribution in [0.25, 0.3) is 65.8 Å². The van der Waals surface area contributed by atoms with E-state index in [1.807, 2.05) is 42.5 Å². The highest BCUT2D eigenvalue weighted by Crippen LogP contribution is 2.40. The van der Waals surface area contributed by atoms with Crippen LogP contribution in [0.2, 0.25) is 0 Å². The predicted molar refractivity (Wildman–Crippen MR) is 194 cm³/mol. The summed E-state index contributed by atoms with van der Waals surface area (Å²) in [7, 11) is 0. The molecule has 1 aliphatic rings. The van der Waals surface area contributed by atoms with Gasteiger partial charge in [-0.1, -0.05) is 103 Å². The Bertz CT molecular complexity index is 2770. The lowest BCUT2D eigenvalue weighted by molar-refractivity contribution is 0.665. The summed E-state index contributed by atoms with van der Waals surface area (Å²) in [5.41, 5.74) is 8.00. The average molecular weight is 619 g/mol. The Morgan fingerprint density at radius 1 is 0.562 bits per heavy atom. The largest absolute Gasteiger partial charge is 0.455 e. The van der Waals surface area contributed by atoms with Gasteiger partial charge < -0.3 is 14.2 Å². The Kier molecular flexibility index (Phi) is 5.84. The number of para-hydroxylation sites is 2. The van der Waals surface area contributed by atoms with Crippen LogP contribution in [0.3, 0.4) is 0 Å². The fraction of sp³-hybridized carbons (Fsp3) is 0.0238. The van der Waals surface area contributed by atoms with Crippen LogP contribution >= 0.6 is 0 Å². The molecule has 1 aliphatic heterocycles. The molecule has 1 unspecified atom stereocenters. The van der Waals surface area contributed by atoms with E-state index in [0.29, 0.717) is 17.3 Å². The van der Waals surface area contributed by atoms with Gasteiger partial charge in [-0.05, 0) is 52.2 Å². The van der Waals surface area contributed by atoms with Crippen LogP contribution in [0.5, 0.6) is 0 Å². The topological polar surface area (TPSA) is 75.9 Å². The van der Waals surface area contributed by atoms with Gasteiger partial charge in [0.15, 0.2) is 11.4 Å². The van der Waals surface area contributed by atoms with Crippen molar-refractivity contribution in [3.63, 3.8) is 0 Å². The highest BCUT2D eigenvalue weighted by Gasteiger charge is 2.25. The zero-order chi connectivity index (χ0) is 31.6. The third kappa shape index (κ3) is 4.23. The first-order valence-corrected chi connectivity index (χ1v) is 16.0. The number of furan rings is 2. The number of pyridine rings is 1. The second-order valence-corrected chi connectivity index (χ2v) is 12.1. The fourth-order valence-corrected chi connectivity index (χ4v) is 6.93. The Hall–Kier alpha value is -6.53. The van der Waals surface area contributed by atoms with Crippen molar-refractivity contribution in [3.05, 3.63) is 163 Å². The Morgan fingerprint density at radius 2 is 1.40 bits per heavy atom. The lowest BCUT2D eigenvalue weighted by atomic mass is 9.96. The monoisotopic (exact) mass is 618 g/mol. The number of hydrogen-bond donors (Lipinski definition) is 1. The van der Waals surface area contributed by atoms with Crippen LogP contribution in [-0.4, -0.2) is 16.7 Å². The molecule has 48 heavy (non-hydrogen) atoms. The van der Waals surface area contributed by atoms with Gasteiger partial charge in [-0.15, -0.1) is 0 Å². The maximum atomic E-state index is 6.48. The molecule has 226 valence electrons. The SMILES string of the molecule is c1ccc(C2=NC(c3ccc4ccccc4c3)NC(c3cc(-c4cccc5c4oc4ccccc45)cc4oc5cnccc5c34)=N2)cc1. The first kappa shape index (κ1) is 26.7. The van der Waals surface area contributed by atoms with Gasteiger partial charge in [0.2, 0.25) is 0 Å². The van der Waals surface area contributed by atoms with Gasteiger partial charge in [-0.2, -0.15) is 0 Å². The van der Waals surface area contributed by atoms with E-state index in [9.17, 15) is 0 Å². The smallest absolute Gasteiger partial charge is 0.159 e. The lowest BCUT2D eigenvalue weighted by Gasteiger charge is -2.24. The number of hydrogen-bond acceptors (Lipinski definition) is 6. The molecule has 0 aliphatic carbocycles. The Balaban J connectivity index is 1.22. The normalized spacial score (nSPS) is 14.9. The number of fused-ring (bicyclic) bond motifs is 7. The fourth-order valence-electron chi connectivity index (χ4n) is 6.93. The van der Waals surface area contributed by atoms with Gasteiger partial charge in [-0.25, -0.2) is 9.98 Å². The molecule has 0 fully saturated rings. The van der Waals surface area contributed by atoms with Gasteiger partial charge in [0, 0.05) is 44.4 Å². The van der Waals surface area contributed by atoms with Crippen LogP contribution in [0.4, 0.5) is 0 Å². The molecule has 0 spiro atoms. The van der Waals surface area contributed by atoms with Crippen molar-refractivity contribution in [2.45, 2.75) is 6.17 Å². The summed E-state index contributed by atoms with van der Waals surface area (Å²) < 4.78 is 13.0. The zero-order valence-electron chi connectivity index (χ0n) is 25.6. The van der Waals surface area contributed by atoms with E-state index in [1.165, 1.54) is 5.39 Å². The van der Waals surface area contributed by atoms with E-state index in [2.05, 4.69) is 101 Å². The molecule has 1 atom stereocenters. The first-order chi connectivity index (χ1) is 23.8. The molecule has 6 nitrogen and oxygen atoms in total. The van der Waals surface area contributed by atoms with Crippen molar-refractivity contribution in [2.24, 2.45) is 9.98 Å². The molecule has 0 radical (unpaired) electrons. The van der Waals surface area contributed by atoms with Crippen LogP contribution in [-0.2, 0) is 0 Å². The zero-order valence-corrected chi connectivity index (χ0v) is 25.6. The van der Waals surface area contributed by atoms with E-state index in [1.54, 1.807) is 12.4 Å². The molecule has 0 saturated heterocycles. The van der Waals surface area contributed by atoms with Crippen molar-refractivity contribution in [2.75, 3.05) is 0 Å². The summed E-state index contributed by atoms with van der Waals surface area (Å²) in [5.74, 6) is 1.38. The Morgan fingerprint density at radius 3 is 2.33 bits per heavy atom. The molecular weight excluding hydrogens is 592 g/mol. The van der Waals surface area contributed by atoms with Crippen LogP contribution < -0.4 is 5.32 Å². The number of nitrogens with one attached hydrogen (secondary N) is 1. The number of amidine groups is 2. The van der Waals surface area contributed by atoms with Gasteiger partial charge in [0.1, 0.15) is 28.8 Å². The number of aliphatic imine (C=N–C) groups is 2. The molecule has 10 rings (SSSR count). The average Bonchev–Trinajstić information content (AvgIpc) is 3.73. The summed E-state index contributed by atoms with van der Waals surface area (Å²) in [6, 6.07) is 45.8. The van der Waals surface area contributed by atoms with E-state index in [4.69, 9.17) is 18.8 Å². The van der Waals surface area contributed by atoms with E-state index in [-0.39, 0.29) is 6.17 Å². The summed E-state index contributed by atoms with van der Waals surface area (Å²) >= 11 is 0. The van der Waals surface area contributed by atoms with Crippen molar-refractivity contribution in [1.82, 2.24) is 10.3 Å². The highest BCUT2D eigenvalue weighted by molar-refractivity contribution is 6.23. The maximum absolute atomic E-state index is 6.48. The van der Waals surface area contributed by atoms with E-state index in [0.717, 1.165) is 71.5 Å². The molecule has 0 bridgehead atoms. The van der Waals surface area contributed by atoms with Gasteiger partial charge in [0.05, 0.1) is 6.20 Å². The van der Waals surface area contributed by atoms with Crippen molar-refractivity contribution < 1.29 is 8.83 Å². The number of nitrogens with zero attached hydrogens (tertiary/aromatic N) is 3. The minimum absolute atomic E-state index is 0.366. The lowest BCUT2D eigenvalue weighted by Crippen LogP contribution is -2.33. The molecule has 1 N–H and O–H groups in total. The predicted octanol–water partition coefficient (Wildman–Crippen LogP) is 10.2. The van der Waals surface area contributed by atoms with Gasteiger partial charge in [0.25, 0.3) is 0 Å². The maximum Gasteiger partial charge on any atom is 0.159 e. The van der Waals surface area contributed by atoms with E-state index < -0.39 is 0 Å². The summed E-state index contributed by atoms with van der Waals surface area (Å²) in [6.45, 7) is 0. The van der Waals surface area contributed by atoms with E-state index >= 15 is 0 Å². The van der Waals surface area contributed by atoms with Crippen molar-refractivity contribution in [1.29, 1.82) is 0 Å². The second kappa shape index (κ2) is 10.5. The standard InChI is InChI=1S/C42H26N4O2/c1-2-10-26(11-3-1)40-44-41(28-18-17-25-9-4-5-12-27(25)21-28)46-42(45-40)34-22-29(23-36-38(34)33-19-20-43-24-37(33)47-36)30-14-8-15-32-31-13-6-7-16-35(31)48-39(30)32/h1-24,41H,(H,44,45,46). The summed E-state index contributed by atoms with van der Waals surface area (Å²) in [4.78, 5) is 14.7. The molecule has 6 aromatic carbocycles. The molecule has 9 aromatic rings. The van der Waals surface area contributed by atoms with Gasteiger partial charge >= 0.3 is 0 Å². The van der Waals surface area contributed by atoms with Crippen LogP contribution in [0.15, 0.2) is 165 Å². The Labute approximate surface area is 274 Å². The number of aromatic nitrogens is 1. The molecular formula is C42H26N4O2. The molecule has 0 saturated carbocycles. The van der Waals surface area contributed by atoms with Crippen molar-refractivity contribution in [3.8, 4) is 11.1 Å². The quantitative estimate of drug-likeness (QED) is 0.213. The first-order valence-electron chi connectivity index (χ1n) is 16.0. The number of benzene rings is 6. The third-order valence-corrected chi connectivity index (χ3v) is 9.21. The number of rotatable bonds is 4. The van der Waals surface area contributed by atoms with Crippen molar-refractivity contribution >= 4 is 66.3 Å². The van der Waals surface area contributed by atoms with Crippen LogP contribution in [0.1, 0.15) is 22.9 Å². The second-order valence-electron chi connectivity index (χ2n) is 12.1. The molecule has 6 heteroatoms. The third-order valence-electron chi connectivity index (χ3n) is 9.21. The highest BCUT2D eigenvalue weighted by atomic mass is 16.3.